The van der Waals surface area contributed by atoms with Crippen molar-refractivity contribution in [1.29, 1.82) is 0 Å². The van der Waals surface area contributed by atoms with Crippen molar-refractivity contribution in [2.24, 2.45) is 11.1 Å². The first kappa shape index (κ1) is 12.9. The first-order valence-electron chi connectivity index (χ1n) is 5.37. The zero-order valence-corrected chi connectivity index (χ0v) is 9.32. The minimum Gasteiger partial charge on any atom is -0.412 e. The molecule has 1 rings (SSSR count). The lowest BCUT2D eigenvalue weighted by Gasteiger charge is -2.49. The van der Waals surface area contributed by atoms with Crippen LogP contribution in [-0.4, -0.2) is 11.0 Å². The number of nitrogens with two attached hydrogens (primary N) is 1. The van der Waals surface area contributed by atoms with Crippen LogP contribution in [-0.2, 0) is 0 Å². The van der Waals surface area contributed by atoms with Crippen molar-refractivity contribution in [3.05, 3.63) is 0 Å². The third-order valence-corrected chi connectivity index (χ3v) is 4.21. The molecule has 0 bridgehead atoms. The molecule has 0 radical (unpaired) electrons. The molecule has 1 saturated carbocycles. The molecule has 0 heterocycles. The highest BCUT2D eigenvalue weighted by molar-refractivity contribution is 5.00. The fourth-order valence-electron chi connectivity index (χ4n) is 2.64. The van der Waals surface area contributed by atoms with Gasteiger partial charge in [0, 0.05) is 5.54 Å². The van der Waals surface area contributed by atoms with Gasteiger partial charge in [0.25, 0.3) is 0 Å². The van der Waals surface area contributed by atoms with Gasteiger partial charge in [-0.15, -0.1) is 0 Å². The molecule has 0 aromatic heterocycles. The van der Waals surface area contributed by atoms with E-state index in [1.54, 1.807) is 0 Å². The molecular weight excluding hydrogens is 162 g/mol. The zero-order valence-electron chi connectivity index (χ0n) is 9.32. The van der Waals surface area contributed by atoms with Gasteiger partial charge in [-0.3, -0.25) is 0 Å². The molecule has 2 atom stereocenters. The summed E-state index contributed by atoms with van der Waals surface area (Å²) in [6.45, 7) is 6.89. The summed E-state index contributed by atoms with van der Waals surface area (Å²) in [6.07, 6.45) is 7.64. The van der Waals surface area contributed by atoms with Crippen molar-refractivity contribution in [1.82, 2.24) is 0 Å². The van der Waals surface area contributed by atoms with Gasteiger partial charge in [-0.2, -0.15) is 0 Å². The topological polar surface area (TPSA) is 57.5 Å². The molecule has 2 unspecified atom stereocenters. The molecule has 13 heavy (non-hydrogen) atoms. The van der Waals surface area contributed by atoms with Gasteiger partial charge in [0.2, 0.25) is 0 Å². The van der Waals surface area contributed by atoms with Gasteiger partial charge in [0.15, 0.2) is 0 Å². The molecule has 4 N–H and O–H groups in total. The summed E-state index contributed by atoms with van der Waals surface area (Å²) >= 11 is 0. The van der Waals surface area contributed by atoms with Gasteiger partial charge in [-0.1, -0.05) is 33.6 Å². The standard InChI is InChI=1S/C11H23N.H2O/c1-4-10(3)8-6-7-9-11(10,12)5-2;/h4-9,12H2,1-3H3;1H2. The maximum atomic E-state index is 6.45. The predicted molar refractivity (Wildman–Crippen MR) is 57.7 cm³/mol. The molecule has 0 spiro atoms. The van der Waals surface area contributed by atoms with Crippen molar-refractivity contribution >= 4 is 0 Å². The lowest BCUT2D eigenvalue weighted by atomic mass is 9.60. The number of rotatable bonds is 2. The third-order valence-electron chi connectivity index (χ3n) is 4.21. The van der Waals surface area contributed by atoms with Crippen LogP contribution in [0.2, 0.25) is 0 Å². The second kappa shape index (κ2) is 4.43. The average molecular weight is 187 g/mol. The molecule has 80 valence electrons. The normalized spacial score (nSPS) is 39.7. The molecule has 0 aliphatic heterocycles. The van der Waals surface area contributed by atoms with E-state index >= 15 is 0 Å². The molecule has 2 nitrogen and oxygen atoms in total. The molecular formula is C11H25NO. The quantitative estimate of drug-likeness (QED) is 0.708. The Labute approximate surface area is 82.2 Å². The minimum atomic E-state index is 0. The van der Waals surface area contributed by atoms with Crippen molar-refractivity contribution in [3.63, 3.8) is 0 Å². The Morgan fingerprint density at radius 3 is 2.00 bits per heavy atom. The monoisotopic (exact) mass is 187 g/mol. The lowest BCUT2D eigenvalue weighted by Crippen LogP contribution is -2.55. The van der Waals surface area contributed by atoms with Crippen LogP contribution in [0, 0.1) is 5.41 Å². The summed E-state index contributed by atoms with van der Waals surface area (Å²) in [5.74, 6) is 0. The van der Waals surface area contributed by atoms with Gasteiger partial charge in [-0.05, 0) is 31.1 Å². The SMILES string of the molecule is CCC1(C)CCCCC1(N)CC.O. The third kappa shape index (κ3) is 2.05. The second-order valence-electron chi connectivity index (χ2n) is 4.63. The summed E-state index contributed by atoms with van der Waals surface area (Å²) in [5, 5.41) is 0. The summed E-state index contributed by atoms with van der Waals surface area (Å²) in [5.41, 5.74) is 6.98. The van der Waals surface area contributed by atoms with E-state index in [1.807, 2.05) is 0 Å². The van der Waals surface area contributed by atoms with Gasteiger partial charge in [0.1, 0.15) is 0 Å². The average Bonchev–Trinajstić information content (AvgIpc) is 2.10. The predicted octanol–water partition coefficient (Wildman–Crippen LogP) is 2.26. The van der Waals surface area contributed by atoms with Crippen LogP contribution in [0.5, 0.6) is 0 Å². The lowest BCUT2D eigenvalue weighted by molar-refractivity contribution is 0.0714. The Morgan fingerprint density at radius 2 is 1.62 bits per heavy atom. The Morgan fingerprint density at radius 1 is 1.08 bits per heavy atom. The van der Waals surface area contributed by atoms with Gasteiger partial charge >= 0.3 is 0 Å². The van der Waals surface area contributed by atoms with Gasteiger partial charge in [-0.25, -0.2) is 0 Å². The fourth-order valence-corrected chi connectivity index (χ4v) is 2.64. The number of hydrogen-bond acceptors (Lipinski definition) is 1. The fraction of sp³-hybridized carbons (Fsp3) is 1.00. The number of hydrogen-bond donors (Lipinski definition) is 1. The van der Waals surface area contributed by atoms with Gasteiger partial charge in [0.05, 0.1) is 0 Å². The van der Waals surface area contributed by atoms with Crippen LogP contribution >= 0.6 is 0 Å². The molecule has 0 aromatic rings. The van der Waals surface area contributed by atoms with E-state index in [4.69, 9.17) is 5.73 Å². The Balaban J connectivity index is 0.00000144. The molecule has 1 aliphatic rings. The molecule has 0 aromatic carbocycles. The van der Waals surface area contributed by atoms with Crippen molar-refractivity contribution < 1.29 is 5.48 Å². The van der Waals surface area contributed by atoms with E-state index in [-0.39, 0.29) is 11.0 Å². The van der Waals surface area contributed by atoms with E-state index in [1.165, 1.54) is 32.1 Å². The summed E-state index contributed by atoms with van der Waals surface area (Å²) in [6, 6.07) is 0. The summed E-state index contributed by atoms with van der Waals surface area (Å²) in [7, 11) is 0. The Kier molecular flexibility index (Phi) is 4.40. The first-order valence-corrected chi connectivity index (χ1v) is 5.37. The highest BCUT2D eigenvalue weighted by Crippen LogP contribution is 2.46. The van der Waals surface area contributed by atoms with E-state index < -0.39 is 0 Å². The second-order valence-corrected chi connectivity index (χ2v) is 4.63. The maximum Gasteiger partial charge on any atom is 0.0205 e. The smallest absolute Gasteiger partial charge is 0.0205 e. The van der Waals surface area contributed by atoms with Crippen LogP contribution in [0.4, 0.5) is 0 Å². The largest absolute Gasteiger partial charge is 0.412 e. The molecule has 1 fully saturated rings. The van der Waals surface area contributed by atoms with Crippen molar-refractivity contribution in [3.8, 4) is 0 Å². The van der Waals surface area contributed by atoms with Crippen molar-refractivity contribution in [2.75, 3.05) is 0 Å². The maximum absolute atomic E-state index is 6.45. The zero-order chi connectivity index (χ0) is 9.24. The van der Waals surface area contributed by atoms with Crippen LogP contribution in [0.1, 0.15) is 59.3 Å². The molecule has 0 saturated heterocycles. The van der Waals surface area contributed by atoms with Crippen LogP contribution < -0.4 is 5.73 Å². The van der Waals surface area contributed by atoms with Crippen LogP contribution in [0.25, 0.3) is 0 Å². The molecule has 0 amide bonds. The molecule has 2 heteroatoms. The highest BCUT2D eigenvalue weighted by Gasteiger charge is 2.43. The van der Waals surface area contributed by atoms with E-state index in [0.717, 1.165) is 6.42 Å². The minimum absolute atomic E-state index is 0. The summed E-state index contributed by atoms with van der Waals surface area (Å²) < 4.78 is 0. The van der Waals surface area contributed by atoms with Crippen LogP contribution in [0.3, 0.4) is 0 Å². The van der Waals surface area contributed by atoms with E-state index in [9.17, 15) is 0 Å². The van der Waals surface area contributed by atoms with Crippen LogP contribution in [0.15, 0.2) is 0 Å². The first-order chi connectivity index (χ1) is 5.58. The van der Waals surface area contributed by atoms with E-state index in [0.29, 0.717) is 5.41 Å². The van der Waals surface area contributed by atoms with Gasteiger partial charge < -0.3 is 11.2 Å². The highest BCUT2D eigenvalue weighted by atomic mass is 16.0. The summed E-state index contributed by atoms with van der Waals surface area (Å²) in [4.78, 5) is 0. The Bertz CT molecular complexity index is 142. The Hall–Kier alpha value is -0.0800. The molecule has 1 aliphatic carbocycles. The van der Waals surface area contributed by atoms with Crippen molar-refractivity contribution in [2.45, 2.75) is 64.8 Å². The van der Waals surface area contributed by atoms with E-state index in [2.05, 4.69) is 20.8 Å².